The van der Waals surface area contributed by atoms with E-state index in [-0.39, 0.29) is 54.3 Å². The fourth-order valence-corrected chi connectivity index (χ4v) is 6.29. The number of rotatable bonds is 7. The van der Waals surface area contributed by atoms with Crippen molar-refractivity contribution in [3.05, 3.63) is 83.5 Å². The second-order valence-electron chi connectivity index (χ2n) is 13.2. The molecule has 0 saturated carbocycles. The number of benzene rings is 2. The number of hydrogen-bond acceptors (Lipinski definition) is 4. The first-order chi connectivity index (χ1) is 19.9. The molecule has 4 aromatic rings. The Bertz CT molecular complexity index is 1620. The molecule has 0 unspecified atom stereocenters. The molecule has 1 aliphatic carbocycles. The fourth-order valence-electron chi connectivity index (χ4n) is 6.29. The van der Waals surface area contributed by atoms with Crippen LogP contribution in [0.15, 0.2) is 60.8 Å². The van der Waals surface area contributed by atoms with Crippen molar-refractivity contribution < 1.29 is 30.0 Å². The third-order valence-electron chi connectivity index (χ3n) is 9.09. The van der Waals surface area contributed by atoms with Crippen LogP contribution in [0.3, 0.4) is 0 Å². The number of aliphatic hydroxyl groups excluding tert-OH is 1. The molecular weight excluding hydrogens is 709 g/mol. The van der Waals surface area contributed by atoms with Crippen molar-refractivity contribution in [3.63, 3.8) is 0 Å². The Morgan fingerprint density at radius 2 is 1.63 bits per heavy atom. The zero-order valence-corrected chi connectivity index (χ0v) is 29.7. The third kappa shape index (κ3) is 6.79. The standard InChI is InChI=1S/C25H23N2.C13H24O2.Ir/c1-24(2,3)17-12-15-8-11-27-23-19-7-6-16-14-26-10-9-18(16)22(19)25(4,5)20(13-17)21(15)23;1-5-10(6-2)12(14)9-13(15)11(7-3)8-4;/h6,8-14H,1-5H3;9-11,14H,5-8H2,1-4H3;/q-1;;/b;12-9-;. The number of ketones is 1. The first-order valence-corrected chi connectivity index (χ1v) is 15.6. The van der Waals surface area contributed by atoms with Crippen LogP contribution in [0.2, 0.25) is 0 Å². The van der Waals surface area contributed by atoms with Gasteiger partial charge >= 0.3 is 0 Å². The quantitative estimate of drug-likeness (QED) is 0.116. The van der Waals surface area contributed by atoms with Crippen LogP contribution in [-0.4, -0.2) is 20.9 Å². The summed E-state index contributed by atoms with van der Waals surface area (Å²) in [4.78, 5) is 20.8. The van der Waals surface area contributed by atoms with E-state index in [0.29, 0.717) is 0 Å². The second kappa shape index (κ2) is 13.8. The molecule has 0 spiro atoms. The van der Waals surface area contributed by atoms with E-state index >= 15 is 0 Å². The zero-order valence-electron chi connectivity index (χ0n) is 27.3. The van der Waals surface area contributed by atoms with Gasteiger partial charge in [-0.15, -0.1) is 23.3 Å². The van der Waals surface area contributed by atoms with Gasteiger partial charge < -0.3 is 10.1 Å². The van der Waals surface area contributed by atoms with E-state index in [1.807, 2.05) is 52.4 Å². The minimum Gasteiger partial charge on any atom is -0.512 e. The Kier molecular flexibility index (Phi) is 11.1. The van der Waals surface area contributed by atoms with E-state index < -0.39 is 0 Å². The molecule has 0 fully saturated rings. The summed E-state index contributed by atoms with van der Waals surface area (Å²) in [7, 11) is 0. The van der Waals surface area contributed by atoms with Crippen molar-refractivity contribution in [1.82, 2.24) is 9.97 Å². The van der Waals surface area contributed by atoms with Crippen molar-refractivity contribution in [2.75, 3.05) is 0 Å². The van der Waals surface area contributed by atoms with Gasteiger partial charge in [-0.25, -0.2) is 0 Å². The average Bonchev–Trinajstić information content (AvgIpc) is 2.96. The van der Waals surface area contributed by atoms with Gasteiger partial charge in [0, 0.05) is 50.4 Å². The number of allylic oxidation sites excluding steroid dienone is 2. The van der Waals surface area contributed by atoms with Crippen LogP contribution in [0, 0.1) is 17.9 Å². The van der Waals surface area contributed by atoms with Gasteiger partial charge in [-0.1, -0.05) is 91.3 Å². The molecule has 0 atom stereocenters. The second-order valence-corrected chi connectivity index (χ2v) is 13.2. The van der Waals surface area contributed by atoms with Crippen molar-refractivity contribution in [2.45, 2.75) is 98.8 Å². The van der Waals surface area contributed by atoms with E-state index in [1.54, 1.807) is 0 Å². The molecule has 0 amide bonds. The zero-order chi connectivity index (χ0) is 30.8. The maximum absolute atomic E-state index is 11.7. The summed E-state index contributed by atoms with van der Waals surface area (Å²) < 4.78 is 0. The predicted octanol–water partition coefficient (Wildman–Crippen LogP) is 10.1. The molecule has 2 aromatic carbocycles. The molecule has 5 heteroatoms. The smallest absolute Gasteiger partial charge is 0.162 e. The van der Waals surface area contributed by atoms with E-state index in [1.165, 1.54) is 38.9 Å². The Morgan fingerprint density at radius 3 is 2.23 bits per heavy atom. The van der Waals surface area contributed by atoms with Crippen molar-refractivity contribution in [3.8, 4) is 11.3 Å². The van der Waals surface area contributed by atoms with Gasteiger partial charge in [0.25, 0.3) is 0 Å². The summed E-state index contributed by atoms with van der Waals surface area (Å²) in [5.41, 5.74) is 6.17. The molecule has 0 saturated heterocycles. The van der Waals surface area contributed by atoms with Gasteiger partial charge in [0.2, 0.25) is 0 Å². The normalized spacial score (nSPS) is 13.9. The molecule has 2 aromatic heterocycles. The molecule has 1 radical (unpaired) electrons. The van der Waals surface area contributed by atoms with Gasteiger partial charge in [-0.05, 0) is 76.4 Å². The largest absolute Gasteiger partial charge is 0.512 e. The van der Waals surface area contributed by atoms with Crippen LogP contribution >= 0.6 is 0 Å². The first-order valence-electron chi connectivity index (χ1n) is 15.6. The summed E-state index contributed by atoms with van der Waals surface area (Å²) >= 11 is 0. The van der Waals surface area contributed by atoms with Gasteiger partial charge in [0.1, 0.15) is 0 Å². The average molecular weight is 756 g/mol. The molecule has 1 N–H and O–H groups in total. The first kappa shape index (κ1) is 34.6. The number of nitrogens with zero attached hydrogens (tertiary/aromatic N) is 2. The maximum atomic E-state index is 11.7. The molecule has 5 rings (SSSR count). The van der Waals surface area contributed by atoms with Crippen molar-refractivity contribution >= 4 is 27.3 Å². The minimum absolute atomic E-state index is 0. The Balaban J connectivity index is 0.000000274. The molecule has 43 heavy (non-hydrogen) atoms. The Labute approximate surface area is 271 Å². The van der Waals surface area contributed by atoms with Crippen LogP contribution in [-0.2, 0) is 35.7 Å². The van der Waals surface area contributed by atoms with Crippen LogP contribution in [0.25, 0.3) is 32.8 Å². The molecule has 0 aliphatic heterocycles. The van der Waals surface area contributed by atoms with Gasteiger partial charge in [-0.3, -0.25) is 9.78 Å². The van der Waals surface area contributed by atoms with Crippen LogP contribution in [0.5, 0.6) is 0 Å². The number of hydrogen-bond donors (Lipinski definition) is 1. The topological polar surface area (TPSA) is 63.1 Å². The van der Waals surface area contributed by atoms with E-state index in [4.69, 9.17) is 4.98 Å². The van der Waals surface area contributed by atoms with E-state index in [9.17, 15) is 9.90 Å². The van der Waals surface area contributed by atoms with E-state index in [0.717, 1.165) is 42.3 Å². The number of pyridine rings is 2. The molecule has 0 bridgehead atoms. The van der Waals surface area contributed by atoms with Crippen molar-refractivity contribution in [1.29, 1.82) is 0 Å². The van der Waals surface area contributed by atoms with Crippen LogP contribution in [0.1, 0.15) is 105 Å². The number of aromatic nitrogens is 2. The number of carbonyl (C=O) groups is 1. The molecule has 4 nitrogen and oxygen atoms in total. The summed E-state index contributed by atoms with van der Waals surface area (Å²) in [5, 5.41) is 14.7. The summed E-state index contributed by atoms with van der Waals surface area (Å²) in [6.07, 6.45) is 10.6. The summed E-state index contributed by atoms with van der Waals surface area (Å²) in [5.74, 6) is 0.547. The Morgan fingerprint density at radius 1 is 0.977 bits per heavy atom. The SMILES string of the molecule is CC(C)(C)c1cc2c3c(nccc3c1)-c1[c-]cc3cnccc3c1C2(C)C.CCC(CC)C(=O)/C=C(\O)C(CC)CC.[Ir]. The van der Waals surface area contributed by atoms with Crippen LogP contribution < -0.4 is 0 Å². The summed E-state index contributed by atoms with van der Waals surface area (Å²) in [6, 6.07) is 14.6. The minimum atomic E-state index is -0.137. The Hall–Kier alpha value is -2.88. The predicted molar refractivity (Wildman–Crippen MR) is 176 cm³/mol. The molecule has 231 valence electrons. The van der Waals surface area contributed by atoms with Gasteiger partial charge in [0.05, 0.1) is 5.76 Å². The molecular formula is C38H47IrN2O2-. The maximum Gasteiger partial charge on any atom is 0.162 e. The number of carbonyl (C=O) groups excluding carboxylic acids is 1. The number of fused-ring (bicyclic) bond motifs is 4. The van der Waals surface area contributed by atoms with E-state index in [2.05, 4.69) is 69.9 Å². The monoisotopic (exact) mass is 756 g/mol. The number of aliphatic hydroxyl groups is 1. The van der Waals surface area contributed by atoms with Gasteiger partial charge in [-0.2, -0.15) is 0 Å². The van der Waals surface area contributed by atoms with Crippen molar-refractivity contribution in [2.24, 2.45) is 11.8 Å². The van der Waals surface area contributed by atoms with Gasteiger partial charge in [0.15, 0.2) is 5.78 Å². The molecule has 2 heterocycles. The van der Waals surface area contributed by atoms with Crippen LogP contribution in [0.4, 0.5) is 0 Å². The third-order valence-corrected chi connectivity index (χ3v) is 9.09. The molecule has 1 aliphatic rings. The fraction of sp³-hybridized carbons (Fsp3) is 0.447. The summed E-state index contributed by atoms with van der Waals surface area (Å²) in [6.45, 7) is 19.6.